The Balaban J connectivity index is 0. The number of ether oxygens (including phenoxy) is 1. The summed E-state index contributed by atoms with van der Waals surface area (Å²) in [7, 11) is -8.73. The summed E-state index contributed by atoms with van der Waals surface area (Å²) in [4.78, 5) is 0. The number of alkyl halides is 5. The molecule has 15 heteroatoms. The SMILES string of the molecule is CC(CCS(C)(=O)=O)(COCC(F)(F)C(F)(F)F)COS(=O)(=O)[O-].[NH4+]. The Morgan fingerprint density at radius 2 is 1.44 bits per heavy atom. The lowest BCUT2D eigenvalue weighted by molar-refractivity contribution is -0.298. The van der Waals surface area contributed by atoms with Crippen molar-refractivity contribution in [2.45, 2.75) is 25.4 Å². The third kappa shape index (κ3) is 11.6. The van der Waals surface area contributed by atoms with Gasteiger partial charge in [-0.25, -0.2) is 16.8 Å². The van der Waals surface area contributed by atoms with E-state index in [4.69, 9.17) is 0 Å². The predicted octanol–water partition coefficient (Wildman–Crippen LogP) is 1.49. The van der Waals surface area contributed by atoms with E-state index in [-0.39, 0.29) is 12.6 Å². The second kappa shape index (κ2) is 8.85. The number of rotatable bonds is 10. The average molecular weight is 425 g/mol. The van der Waals surface area contributed by atoms with Crippen molar-refractivity contribution in [2.75, 3.05) is 31.8 Å². The molecule has 1 atom stereocenters. The first-order valence-corrected chi connectivity index (χ1v) is 9.57. The zero-order valence-electron chi connectivity index (χ0n) is 13.6. The van der Waals surface area contributed by atoms with E-state index in [9.17, 15) is 43.3 Å². The topological polar surface area (TPSA) is 146 Å². The van der Waals surface area contributed by atoms with Crippen LogP contribution in [0.2, 0.25) is 0 Å². The van der Waals surface area contributed by atoms with Gasteiger partial charge < -0.3 is 15.4 Å². The lowest BCUT2D eigenvalue weighted by atomic mass is 9.90. The largest absolute Gasteiger partial charge is 0.726 e. The molecule has 0 spiro atoms. The van der Waals surface area contributed by atoms with Crippen molar-refractivity contribution in [3.63, 3.8) is 0 Å². The number of hydrogen-bond acceptors (Lipinski definition) is 7. The van der Waals surface area contributed by atoms with Gasteiger partial charge in [0.05, 0.1) is 19.0 Å². The summed E-state index contributed by atoms with van der Waals surface area (Å²) in [5, 5.41) is 0. The molecule has 0 radical (unpaired) electrons. The highest BCUT2D eigenvalue weighted by Gasteiger charge is 2.57. The summed E-state index contributed by atoms with van der Waals surface area (Å²) < 4.78 is 123. The molecule has 0 saturated heterocycles. The number of halogens is 5. The second-order valence-corrected chi connectivity index (χ2v) is 8.87. The van der Waals surface area contributed by atoms with Crippen LogP contribution in [0.3, 0.4) is 0 Å². The fourth-order valence-corrected chi connectivity index (χ4v) is 2.63. The minimum Gasteiger partial charge on any atom is -0.726 e. The summed E-state index contributed by atoms with van der Waals surface area (Å²) in [5.74, 6) is -5.69. The maximum Gasteiger partial charge on any atom is 0.455 e. The molecule has 0 aromatic rings. The van der Waals surface area contributed by atoms with E-state index in [1.807, 2.05) is 0 Å². The van der Waals surface area contributed by atoms with Crippen molar-refractivity contribution in [1.29, 1.82) is 0 Å². The highest BCUT2D eigenvalue weighted by atomic mass is 32.3. The summed E-state index contributed by atoms with van der Waals surface area (Å²) in [5.41, 5.74) is -1.60. The van der Waals surface area contributed by atoms with Crippen LogP contribution < -0.4 is 6.15 Å². The molecule has 0 amide bonds. The first-order chi connectivity index (χ1) is 10.4. The molecule has 0 saturated carbocycles. The van der Waals surface area contributed by atoms with E-state index >= 15 is 0 Å². The van der Waals surface area contributed by atoms with Gasteiger partial charge in [0.25, 0.3) is 0 Å². The van der Waals surface area contributed by atoms with Crippen LogP contribution in [0.15, 0.2) is 0 Å². The maximum absolute atomic E-state index is 12.7. The third-order valence-electron chi connectivity index (χ3n) is 2.78. The van der Waals surface area contributed by atoms with Crippen molar-refractivity contribution in [3.05, 3.63) is 0 Å². The molecule has 25 heavy (non-hydrogen) atoms. The van der Waals surface area contributed by atoms with Crippen LogP contribution in [0.1, 0.15) is 13.3 Å². The molecular weight excluding hydrogens is 405 g/mol. The smallest absolute Gasteiger partial charge is 0.455 e. The van der Waals surface area contributed by atoms with Crippen molar-refractivity contribution in [3.8, 4) is 0 Å². The highest BCUT2D eigenvalue weighted by Crippen LogP contribution is 2.36. The van der Waals surface area contributed by atoms with E-state index in [1.165, 1.54) is 0 Å². The predicted molar refractivity (Wildman–Crippen MR) is 75.9 cm³/mol. The van der Waals surface area contributed by atoms with E-state index in [0.29, 0.717) is 0 Å². The molecule has 1 unspecified atom stereocenters. The molecule has 4 N–H and O–H groups in total. The van der Waals surface area contributed by atoms with Gasteiger partial charge in [0.2, 0.25) is 10.4 Å². The van der Waals surface area contributed by atoms with Crippen LogP contribution in [0, 0.1) is 5.41 Å². The molecule has 0 rings (SSSR count). The van der Waals surface area contributed by atoms with Crippen LogP contribution in [0.25, 0.3) is 0 Å². The molecule has 0 aliphatic heterocycles. The summed E-state index contributed by atoms with van der Waals surface area (Å²) >= 11 is 0. The monoisotopic (exact) mass is 425 g/mol. The molecule has 0 heterocycles. The van der Waals surface area contributed by atoms with E-state index in [2.05, 4.69) is 8.92 Å². The fourth-order valence-electron chi connectivity index (χ4n) is 1.34. The molecule has 0 aromatic heterocycles. The van der Waals surface area contributed by atoms with E-state index in [0.717, 1.165) is 13.2 Å². The van der Waals surface area contributed by atoms with Crippen LogP contribution in [0.4, 0.5) is 22.0 Å². The number of hydrogen-bond donors (Lipinski definition) is 1. The minimum atomic E-state index is -5.84. The Labute approximate surface area is 142 Å². The molecule has 0 bridgehead atoms. The Morgan fingerprint density at radius 3 is 1.80 bits per heavy atom. The van der Waals surface area contributed by atoms with Crippen molar-refractivity contribution in [1.82, 2.24) is 6.15 Å². The van der Waals surface area contributed by atoms with E-state index in [1.54, 1.807) is 0 Å². The summed E-state index contributed by atoms with van der Waals surface area (Å²) in [6.45, 7) is -2.75. The van der Waals surface area contributed by atoms with Gasteiger partial charge in [-0.15, -0.1) is 0 Å². The molecule has 0 fully saturated rings. The van der Waals surface area contributed by atoms with Gasteiger partial charge in [-0.05, 0) is 6.42 Å². The van der Waals surface area contributed by atoms with Crippen molar-refractivity contribution < 1.29 is 52.3 Å². The molecule has 0 aliphatic rings. The second-order valence-electron chi connectivity index (χ2n) is 5.56. The van der Waals surface area contributed by atoms with Crippen LogP contribution in [-0.2, 0) is 29.2 Å². The first-order valence-electron chi connectivity index (χ1n) is 6.17. The van der Waals surface area contributed by atoms with Gasteiger partial charge in [0.15, 0.2) is 0 Å². The summed E-state index contributed by atoms with van der Waals surface area (Å²) in [6, 6.07) is 0. The van der Waals surface area contributed by atoms with E-state index < -0.39 is 63.3 Å². The van der Waals surface area contributed by atoms with Gasteiger partial charge in [0.1, 0.15) is 16.4 Å². The quantitative estimate of drug-likeness (QED) is 0.317. The molecule has 8 nitrogen and oxygen atoms in total. The zero-order chi connectivity index (χ0) is 19.4. The Morgan fingerprint density at radius 1 is 0.960 bits per heavy atom. The minimum absolute atomic E-state index is 0. The standard InChI is InChI=1S/C10H17F5O7S2.H3N/c1-8(3-4-23(2,16)17,6-22-24(18,19)20)5-21-7-9(11,12)10(13,14)15;/h3-7H2,1-2H3,(H,18,19,20);1H3. The molecule has 154 valence electrons. The average Bonchev–Trinajstić information content (AvgIpc) is 2.31. The van der Waals surface area contributed by atoms with Gasteiger partial charge in [-0.3, -0.25) is 4.18 Å². The van der Waals surface area contributed by atoms with Gasteiger partial charge in [0, 0.05) is 11.7 Å². The number of quaternary nitrogens is 1. The third-order valence-corrected chi connectivity index (χ3v) is 4.13. The van der Waals surface area contributed by atoms with Gasteiger partial charge in [-0.1, -0.05) is 6.92 Å². The normalized spacial score (nSPS) is 16.2. The van der Waals surface area contributed by atoms with Crippen LogP contribution >= 0.6 is 0 Å². The van der Waals surface area contributed by atoms with Crippen LogP contribution in [-0.4, -0.2) is 65.3 Å². The molecular formula is C10H20F5NO7S2. The Kier molecular flexibility index (Phi) is 9.43. The van der Waals surface area contributed by atoms with Gasteiger partial charge in [-0.2, -0.15) is 22.0 Å². The van der Waals surface area contributed by atoms with Crippen LogP contribution in [0.5, 0.6) is 0 Å². The first kappa shape index (κ1) is 26.6. The Hall–Kier alpha value is -0.610. The van der Waals surface area contributed by atoms with Crippen molar-refractivity contribution >= 4 is 20.2 Å². The lowest BCUT2D eigenvalue weighted by Gasteiger charge is -2.30. The fraction of sp³-hybridized carbons (Fsp3) is 1.00. The molecule has 0 aliphatic carbocycles. The summed E-state index contributed by atoms with van der Waals surface area (Å²) in [6.07, 6.45) is -5.40. The zero-order valence-corrected chi connectivity index (χ0v) is 15.2. The Bertz CT molecular complexity index is 582. The maximum atomic E-state index is 12.7. The van der Waals surface area contributed by atoms with Crippen molar-refractivity contribution in [2.24, 2.45) is 5.41 Å². The molecule has 0 aromatic carbocycles. The lowest BCUT2D eigenvalue weighted by Crippen LogP contribution is -2.42. The number of sulfone groups is 1. The van der Waals surface area contributed by atoms with Gasteiger partial charge >= 0.3 is 12.1 Å². The highest BCUT2D eigenvalue weighted by molar-refractivity contribution is 7.90.